The maximum Gasteiger partial charge on any atom is 0.158 e. The molecular weight excluding hydrogens is 697 g/mol. The first-order valence-electron chi connectivity index (χ1n) is 20.3. The van der Waals surface area contributed by atoms with Gasteiger partial charge in [0.15, 0.2) is 11.3 Å². The highest BCUT2D eigenvalue weighted by atomic mass is 16.3. The first kappa shape index (κ1) is 32.5. The standard InChI is InChI=1S/C53H40N2O2/c1-33-31-43-39-18-9-11-22-49(39)57-53(43)47(32-33)55(37-15-6-3-7-16-37)45-30-26-35-23-27-41-44(29-25-34-24-28-42(45)51(35)50(34)41)54(36-13-4-2-5-14-36)46-20-12-19-40-38-17-8-10-21-48(38)56-52(40)46/h2-6,8-9,11-15,17-20,22-30,32-33H,7,10,16,21,31H2,1H3. The Bertz CT molecular complexity index is 3190. The number of rotatable bonds is 6. The van der Waals surface area contributed by atoms with Crippen LogP contribution in [0.15, 0.2) is 166 Å². The molecule has 274 valence electrons. The second kappa shape index (κ2) is 12.6. The van der Waals surface area contributed by atoms with Gasteiger partial charge in [0.1, 0.15) is 11.3 Å². The van der Waals surface area contributed by atoms with E-state index in [1.54, 1.807) is 0 Å². The summed E-state index contributed by atoms with van der Waals surface area (Å²) >= 11 is 0. The van der Waals surface area contributed by atoms with Gasteiger partial charge in [0.05, 0.1) is 22.8 Å². The van der Waals surface area contributed by atoms with E-state index < -0.39 is 0 Å². The van der Waals surface area contributed by atoms with Crippen LogP contribution in [0.4, 0.5) is 22.7 Å². The molecular formula is C53H40N2O2. The number of benzene rings is 7. The van der Waals surface area contributed by atoms with Crippen molar-refractivity contribution in [1.29, 1.82) is 0 Å². The highest BCUT2D eigenvalue weighted by molar-refractivity contribution is 6.28. The van der Waals surface area contributed by atoms with Crippen LogP contribution in [0.5, 0.6) is 0 Å². The third-order valence-corrected chi connectivity index (χ3v) is 12.4. The fourth-order valence-electron chi connectivity index (χ4n) is 9.90. The van der Waals surface area contributed by atoms with Crippen molar-refractivity contribution in [2.24, 2.45) is 5.92 Å². The van der Waals surface area contributed by atoms with Gasteiger partial charge in [-0.25, -0.2) is 0 Å². The number of hydrogen-bond acceptors (Lipinski definition) is 4. The van der Waals surface area contributed by atoms with Crippen molar-refractivity contribution >= 4 is 88.8 Å². The largest absolute Gasteiger partial charge is 0.458 e. The first-order chi connectivity index (χ1) is 28.2. The molecule has 57 heavy (non-hydrogen) atoms. The Balaban J connectivity index is 1.11. The Morgan fingerprint density at radius 2 is 1.32 bits per heavy atom. The summed E-state index contributed by atoms with van der Waals surface area (Å²) in [5.74, 6) is 2.42. The van der Waals surface area contributed by atoms with Crippen LogP contribution in [0.2, 0.25) is 0 Å². The van der Waals surface area contributed by atoms with Gasteiger partial charge in [-0.3, -0.25) is 0 Å². The average molecular weight is 737 g/mol. The highest BCUT2D eigenvalue weighted by Gasteiger charge is 2.31. The lowest BCUT2D eigenvalue weighted by molar-refractivity contribution is 0.546. The Morgan fingerprint density at radius 3 is 2.11 bits per heavy atom. The number of furan rings is 2. The Hall–Kier alpha value is -6.78. The lowest BCUT2D eigenvalue weighted by Crippen LogP contribution is -2.25. The van der Waals surface area contributed by atoms with Crippen molar-refractivity contribution < 1.29 is 8.83 Å². The summed E-state index contributed by atoms with van der Waals surface area (Å²) in [6, 6.07) is 44.4. The van der Waals surface area contributed by atoms with E-state index >= 15 is 0 Å². The minimum absolute atomic E-state index is 0.363. The second-order valence-electron chi connectivity index (χ2n) is 15.9. The SMILES string of the molecule is CC1C=C(N(C2=CC=CCC2)c2ccc3ccc4c(N(c5ccccc5)c5cccc6c7c(oc56)CCC=C7)ccc5ccc2c3c54)c2oc3ccccc3c2C1. The van der Waals surface area contributed by atoms with Crippen LogP contribution in [0.3, 0.4) is 0 Å². The normalized spacial score (nSPS) is 16.4. The van der Waals surface area contributed by atoms with Gasteiger partial charge in [-0.1, -0.05) is 122 Å². The summed E-state index contributed by atoms with van der Waals surface area (Å²) < 4.78 is 13.5. The lowest BCUT2D eigenvalue weighted by atomic mass is 9.89. The Morgan fingerprint density at radius 1 is 0.596 bits per heavy atom. The smallest absolute Gasteiger partial charge is 0.158 e. The molecule has 2 aromatic heterocycles. The number of anilines is 4. The predicted octanol–water partition coefficient (Wildman–Crippen LogP) is 14.8. The summed E-state index contributed by atoms with van der Waals surface area (Å²) in [5, 5.41) is 9.82. The van der Waals surface area contributed by atoms with E-state index in [1.165, 1.54) is 60.2 Å². The summed E-state index contributed by atoms with van der Waals surface area (Å²) in [4.78, 5) is 4.91. The van der Waals surface area contributed by atoms with E-state index in [0.717, 1.165) is 82.9 Å². The molecule has 0 saturated heterocycles. The molecule has 1 unspecified atom stereocenters. The molecule has 0 bridgehead atoms. The molecule has 4 nitrogen and oxygen atoms in total. The fraction of sp³-hybridized carbons (Fsp3) is 0.132. The zero-order chi connectivity index (χ0) is 37.6. The highest BCUT2D eigenvalue weighted by Crippen LogP contribution is 2.50. The van der Waals surface area contributed by atoms with Crippen molar-refractivity contribution in [3.05, 3.63) is 180 Å². The molecule has 0 radical (unpaired) electrons. The summed E-state index contributed by atoms with van der Waals surface area (Å²) in [6.07, 6.45) is 18.5. The summed E-state index contributed by atoms with van der Waals surface area (Å²) in [6.45, 7) is 2.33. The number of nitrogens with zero attached hydrogens (tertiary/aromatic N) is 2. The van der Waals surface area contributed by atoms with Crippen molar-refractivity contribution in [2.45, 2.75) is 39.0 Å². The number of allylic oxidation sites excluding steroid dienone is 6. The van der Waals surface area contributed by atoms with Gasteiger partial charge in [-0.15, -0.1) is 0 Å². The number of aryl methyl sites for hydroxylation is 1. The molecule has 0 N–H and O–H groups in total. The van der Waals surface area contributed by atoms with E-state index in [1.807, 2.05) is 0 Å². The van der Waals surface area contributed by atoms with Crippen LogP contribution in [-0.4, -0.2) is 0 Å². The monoisotopic (exact) mass is 736 g/mol. The van der Waals surface area contributed by atoms with Crippen LogP contribution in [-0.2, 0) is 12.8 Å². The minimum Gasteiger partial charge on any atom is -0.458 e. The topological polar surface area (TPSA) is 32.8 Å². The molecule has 0 fully saturated rings. The average Bonchev–Trinajstić information content (AvgIpc) is 3.84. The molecule has 9 aromatic rings. The molecule has 3 aliphatic rings. The molecule has 0 amide bonds. The third kappa shape index (κ3) is 4.93. The summed E-state index contributed by atoms with van der Waals surface area (Å²) in [5.41, 5.74) is 11.2. The molecule has 4 heteroatoms. The molecule has 0 aliphatic heterocycles. The van der Waals surface area contributed by atoms with E-state index in [4.69, 9.17) is 8.83 Å². The molecule has 0 saturated carbocycles. The third-order valence-electron chi connectivity index (χ3n) is 12.4. The number of fused-ring (bicyclic) bond motifs is 6. The van der Waals surface area contributed by atoms with Gasteiger partial charge >= 0.3 is 0 Å². The zero-order valence-electron chi connectivity index (χ0n) is 31.8. The zero-order valence-corrected chi connectivity index (χ0v) is 31.8. The Labute approximate surface area is 331 Å². The van der Waals surface area contributed by atoms with Crippen molar-refractivity contribution in [3.63, 3.8) is 0 Å². The quantitative estimate of drug-likeness (QED) is 0.159. The van der Waals surface area contributed by atoms with E-state index in [-0.39, 0.29) is 0 Å². The van der Waals surface area contributed by atoms with Gasteiger partial charge in [-0.2, -0.15) is 0 Å². The van der Waals surface area contributed by atoms with Crippen LogP contribution >= 0.6 is 0 Å². The van der Waals surface area contributed by atoms with Crippen LogP contribution in [0.1, 0.15) is 48.8 Å². The van der Waals surface area contributed by atoms with Crippen molar-refractivity contribution in [2.75, 3.05) is 9.80 Å². The van der Waals surface area contributed by atoms with Crippen molar-refractivity contribution in [3.8, 4) is 0 Å². The van der Waals surface area contributed by atoms with Gasteiger partial charge in [0, 0.05) is 50.5 Å². The number of para-hydroxylation sites is 3. The molecule has 2 heterocycles. The fourth-order valence-corrected chi connectivity index (χ4v) is 9.90. The van der Waals surface area contributed by atoms with Crippen LogP contribution in [0, 0.1) is 5.92 Å². The number of hydrogen-bond donors (Lipinski definition) is 0. The van der Waals surface area contributed by atoms with Crippen molar-refractivity contribution in [1.82, 2.24) is 0 Å². The molecule has 0 spiro atoms. The molecule has 1 atom stereocenters. The van der Waals surface area contributed by atoms with Crippen LogP contribution < -0.4 is 9.80 Å². The van der Waals surface area contributed by atoms with Crippen LogP contribution in [0.25, 0.3) is 66.0 Å². The van der Waals surface area contributed by atoms with Gasteiger partial charge < -0.3 is 18.6 Å². The lowest BCUT2D eigenvalue weighted by Gasteiger charge is -2.34. The van der Waals surface area contributed by atoms with Gasteiger partial charge in [0.2, 0.25) is 0 Å². The van der Waals surface area contributed by atoms with E-state index in [0.29, 0.717) is 5.92 Å². The minimum atomic E-state index is 0.363. The van der Waals surface area contributed by atoms with Gasteiger partial charge in [0.25, 0.3) is 0 Å². The first-order valence-corrected chi connectivity index (χ1v) is 20.3. The van der Waals surface area contributed by atoms with Gasteiger partial charge in [-0.05, 0) is 95.6 Å². The molecule has 12 rings (SSSR count). The second-order valence-corrected chi connectivity index (χ2v) is 15.9. The maximum atomic E-state index is 6.78. The Kier molecular flexibility index (Phi) is 7.19. The van der Waals surface area contributed by atoms with E-state index in [2.05, 4.69) is 175 Å². The maximum absolute atomic E-state index is 6.78. The predicted molar refractivity (Wildman–Crippen MR) is 238 cm³/mol. The molecule has 7 aromatic carbocycles. The summed E-state index contributed by atoms with van der Waals surface area (Å²) in [7, 11) is 0. The van der Waals surface area contributed by atoms with E-state index in [9.17, 15) is 0 Å². The molecule has 3 aliphatic carbocycles.